The second-order valence-corrected chi connectivity index (χ2v) is 17.3. The van der Waals surface area contributed by atoms with Crippen molar-refractivity contribution in [3.05, 3.63) is 94.0 Å². The van der Waals surface area contributed by atoms with Crippen molar-refractivity contribution in [2.24, 2.45) is 0 Å². The van der Waals surface area contributed by atoms with E-state index in [-0.39, 0.29) is 13.2 Å². The molecular formula is C56H86O4. The summed E-state index contributed by atoms with van der Waals surface area (Å²) in [6.45, 7) is 6.05. The van der Waals surface area contributed by atoms with Crippen molar-refractivity contribution in [3.63, 3.8) is 0 Å². The molecule has 0 spiro atoms. The van der Waals surface area contributed by atoms with E-state index in [1.54, 1.807) is 0 Å². The molecule has 0 atom stereocenters. The molecule has 334 valence electrons. The van der Waals surface area contributed by atoms with Crippen LogP contribution in [0.1, 0.15) is 227 Å². The standard InChI is InChI=1S/C56H86O4/c1-3-5-7-9-11-13-15-17-19-21-23-25-27-29-43-59-55-45-54(42-40-50-33-37-52(48-58)38-34-50)56(46-53(55)41-39-49-31-35-51(47-57)36-32-49)60-44-30-28-26-24-22-20-18-16-14-12-10-8-6-4-2/h31-42,45-46,57-58H,3-30,43-44,47-48H2,1-2H3/b41-39+,42-40+. The lowest BCUT2D eigenvalue weighted by Gasteiger charge is -2.16. The van der Waals surface area contributed by atoms with Crippen molar-refractivity contribution < 1.29 is 19.7 Å². The van der Waals surface area contributed by atoms with Gasteiger partial charge >= 0.3 is 0 Å². The molecule has 0 saturated heterocycles. The Kier molecular flexibility index (Phi) is 30.0. The average Bonchev–Trinajstić information content (AvgIpc) is 3.28. The van der Waals surface area contributed by atoms with E-state index in [1.165, 1.54) is 167 Å². The molecule has 0 aliphatic carbocycles. The number of aliphatic hydroxyl groups excluding tert-OH is 2. The van der Waals surface area contributed by atoms with Crippen LogP contribution in [0.3, 0.4) is 0 Å². The quantitative estimate of drug-likeness (QED) is 0.0446. The molecule has 0 saturated carbocycles. The van der Waals surface area contributed by atoms with E-state index >= 15 is 0 Å². The maximum atomic E-state index is 9.54. The Balaban J connectivity index is 1.57. The zero-order valence-corrected chi connectivity index (χ0v) is 38.4. The van der Waals surface area contributed by atoms with Crippen LogP contribution in [0.2, 0.25) is 0 Å². The van der Waals surface area contributed by atoms with Gasteiger partial charge in [0.25, 0.3) is 0 Å². The highest BCUT2D eigenvalue weighted by molar-refractivity contribution is 5.79. The first kappa shape index (κ1) is 51.0. The van der Waals surface area contributed by atoms with Gasteiger partial charge in [-0.25, -0.2) is 0 Å². The summed E-state index contributed by atoms with van der Waals surface area (Å²) in [5.74, 6) is 1.74. The highest BCUT2D eigenvalue weighted by Crippen LogP contribution is 2.33. The van der Waals surface area contributed by atoms with Gasteiger partial charge in [-0.3, -0.25) is 0 Å². The van der Waals surface area contributed by atoms with Crippen molar-refractivity contribution in [2.45, 2.75) is 207 Å². The Morgan fingerprint density at radius 2 is 0.617 bits per heavy atom. The second kappa shape index (κ2) is 35.3. The van der Waals surface area contributed by atoms with Gasteiger partial charge < -0.3 is 19.7 Å². The van der Waals surface area contributed by atoms with Crippen molar-refractivity contribution in [1.82, 2.24) is 0 Å². The fraction of sp³-hybridized carbons (Fsp3) is 0.607. The summed E-state index contributed by atoms with van der Waals surface area (Å²) < 4.78 is 13.2. The molecule has 4 nitrogen and oxygen atoms in total. The van der Waals surface area contributed by atoms with Gasteiger partial charge in [0.05, 0.1) is 26.4 Å². The number of ether oxygens (including phenoxy) is 2. The van der Waals surface area contributed by atoms with E-state index in [0.717, 1.165) is 57.7 Å². The summed E-state index contributed by atoms with van der Waals surface area (Å²) in [5.41, 5.74) is 5.98. The minimum absolute atomic E-state index is 0.0435. The number of unbranched alkanes of at least 4 members (excludes halogenated alkanes) is 26. The number of hydrogen-bond acceptors (Lipinski definition) is 4. The predicted molar refractivity (Wildman–Crippen MR) is 261 cm³/mol. The maximum absolute atomic E-state index is 9.54. The first-order valence-electron chi connectivity index (χ1n) is 24.9. The minimum atomic E-state index is 0.0435. The number of hydrogen-bond donors (Lipinski definition) is 2. The summed E-state index contributed by atoms with van der Waals surface area (Å²) in [6, 6.07) is 20.4. The summed E-state index contributed by atoms with van der Waals surface area (Å²) >= 11 is 0. The Labute approximate surface area is 368 Å². The number of benzene rings is 3. The summed E-state index contributed by atoms with van der Waals surface area (Å²) in [4.78, 5) is 0. The fourth-order valence-corrected chi connectivity index (χ4v) is 7.90. The van der Waals surface area contributed by atoms with E-state index in [9.17, 15) is 10.2 Å². The Bertz CT molecular complexity index is 1390. The minimum Gasteiger partial charge on any atom is -0.493 e. The first-order valence-corrected chi connectivity index (χ1v) is 24.9. The van der Waals surface area contributed by atoms with E-state index < -0.39 is 0 Å². The first-order chi connectivity index (χ1) is 29.7. The molecule has 0 heterocycles. The molecule has 0 aliphatic heterocycles. The number of aliphatic hydroxyl groups is 2. The monoisotopic (exact) mass is 823 g/mol. The summed E-state index contributed by atoms with van der Waals surface area (Å²) in [6.07, 6.45) is 46.0. The molecule has 60 heavy (non-hydrogen) atoms. The lowest BCUT2D eigenvalue weighted by molar-refractivity contribution is 0.281. The van der Waals surface area contributed by atoms with Crippen molar-refractivity contribution >= 4 is 24.3 Å². The third-order valence-corrected chi connectivity index (χ3v) is 11.9. The zero-order chi connectivity index (χ0) is 42.6. The average molecular weight is 823 g/mol. The number of rotatable bonds is 38. The van der Waals surface area contributed by atoms with Gasteiger partial charge in [-0.2, -0.15) is 0 Å². The topological polar surface area (TPSA) is 58.9 Å². The molecule has 0 fully saturated rings. The van der Waals surface area contributed by atoms with Crippen LogP contribution in [0.4, 0.5) is 0 Å². The molecular weight excluding hydrogens is 737 g/mol. The smallest absolute Gasteiger partial charge is 0.127 e. The van der Waals surface area contributed by atoms with Gasteiger partial charge in [-0.1, -0.05) is 254 Å². The van der Waals surface area contributed by atoms with Crippen LogP contribution in [0.5, 0.6) is 11.5 Å². The van der Waals surface area contributed by atoms with Crippen molar-refractivity contribution in [2.75, 3.05) is 13.2 Å². The highest BCUT2D eigenvalue weighted by atomic mass is 16.5. The molecule has 0 aliphatic rings. The van der Waals surface area contributed by atoms with Crippen LogP contribution >= 0.6 is 0 Å². The molecule has 3 aromatic carbocycles. The predicted octanol–water partition coefficient (Wildman–Crippen LogP) is 16.7. The Hall–Kier alpha value is -3.34. The van der Waals surface area contributed by atoms with E-state index in [4.69, 9.17) is 9.47 Å². The van der Waals surface area contributed by atoms with E-state index in [1.807, 2.05) is 48.5 Å². The molecule has 4 heteroatoms. The molecule has 0 bridgehead atoms. The normalized spacial score (nSPS) is 11.7. The molecule has 0 amide bonds. The van der Waals surface area contributed by atoms with Crippen LogP contribution in [-0.4, -0.2) is 23.4 Å². The zero-order valence-electron chi connectivity index (χ0n) is 38.4. The molecule has 0 unspecified atom stereocenters. The maximum Gasteiger partial charge on any atom is 0.127 e. The molecule has 3 aromatic rings. The summed E-state index contributed by atoms with van der Waals surface area (Å²) in [5, 5.41) is 19.1. The van der Waals surface area contributed by atoms with Crippen LogP contribution in [0.25, 0.3) is 24.3 Å². The van der Waals surface area contributed by atoms with Crippen molar-refractivity contribution in [1.29, 1.82) is 0 Å². The van der Waals surface area contributed by atoms with Crippen LogP contribution < -0.4 is 9.47 Å². The molecule has 2 N–H and O–H groups in total. The molecule has 3 rings (SSSR count). The van der Waals surface area contributed by atoms with Crippen LogP contribution in [0.15, 0.2) is 60.7 Å². The van der Waals surface area contributed by atoms with Crippen LogP contribution in [0, 0.1) is 0 Å². The lowest BCUT2D eigenvalue weighted by Crippen LogP contribution is -2.03. The second-order valence-electron chi connectivity index (χ2n) is 17.3. The van der Waals surface area contributed by atoms with Gasteiger partial charge in [0, 0.05) is 11.1 Å². The highest BCUT2D eigenvalue weighted by Gasteiger charge is 2.11. The van der Waals surface area contributed by atoms with Crippen LogP contribution in [-0.2, 0) is 13.2 Å². The molecule has 0 radical (unpaired) electrons. The summed E-state index contributed by atoms with van der Waals surface area (Å²) in [7, 11) is 0. The van der Waals surface area contributed by atoms with E-state index in [2.05, 4.69) is 50.3 Å². The third kappa shape index (κ3) is 24.2. The Morgan fingerprint density at radius 3 is 0.883 bits per heavy atom. The van der Waals surface area contributed by atoms with Gasteiger partial charge in [0.1, 0.15) is 11.5 Å². The van der Waals surface area contributed by atoms with Gasteiger partial charge in [-0.15, -0.1) is 0 Å². The lowest BCUT2D eigenvalue weighted by atomic mass is 10.0. The van der Waals surface area contributed by atoms with Gasteiger partial charge in [-0.05, 0) is 47.2 Å². The van der Waals surface area contributed by atoms with Gasteiger partial charge in [0.2, 0.25) is 0 Å². The fourth-order valence-electron chi connectivity index (χ4n) is 7.90. The third-order valence-electron chi connectivity index (χ3n) is 11.9. The largest absolute Gasteiger partial charge is 0.493 e. The Morgan fingerprint density at radius 1 is 0.350 bits per heavy atom. The molecule has 0 aromatic heterocycles. The van der Waals surface area contributed by atoms with E-state index in [0.29, 0.717) is 13.2 Å². The van der Waals surface area contributed by atoms with Crippen molar-refractivity contribution in [3.8, 4) is 11.5 Å². The van der Waals surface area contributed by atoms with Gasteiger partial charge in [0.15, 0.2) is 0 Å². The SMILES string of the molecule is CCCCCCCCCCCCCCCCOc1cc(/C=C/c2ccc(CO)cc2)c(OCCCCCCCCCCCCCCCC)cc1/C=C/c1ccc(CO)cc1.